The molecule has 2 nitrogen and oxygen atoms in total. The molecular weight excluding hydrogens is 162 g/mol. The topological polar surface area (TPSA) is 35.2 Å². The summed E-state index contributed by atoms with van der Waals surface area (Å²) in [5.41, 5.74) is 7.31. The Morgan fingerprint density at radius 1 is 1.62 bits per heavy atom. The van der Waals surface area contributed by atoms with Gasteiger partial charge in [0.25, 0.3) is 0 Å². The Bertz CT molecular complexity index is 196. The predicted molar refractivity (Wildman–Crippen MR) is 55.6 cm³/mol. The van der Waals surface area contributed by atoms with Gasteiger partial charge in [-0.25, -0.2) is 0 Å². The third-order valence-corrected chi connectivity index (χ3v) is 2.85. The Morgan fingerprint density at radius 3 is 2.77 bits per heavy atom. The minimum absolute atomic E-state index is 0.00747. The second-order valence-corrected chi connectivity index (χ2v) is 4.49. The summed E-state index contributed by atoms with van der Waals surface area (Å²) in [6.45, 7) is 4.25. The molecule has 0 aromatic rings. The van der Waals surface area contributed by atoms with E-state index in [0.29, 0.717) is 6.04 Å². The normalized spacial score (nSPS) is 23.4. The van der Waals surface area contributed by atoms with Crippen LogP contribution in [0.4, 0.5) is 0 Å². The third-order valence-electron chi connectivity index (χ3n) is 2.85. The van der Waals surface area contributed by atoms with Crippen molar-refractivity contribution in [1.29, 1.82) is 0 Å². The molecule has 1 unspecified atom stereocenters. The smallest absolute Gasteiger partial charge is 0.0625 e. The van der Waals surface area contributed by atoms with Crippen LogP contribution in [0.15, 0.2) is 11.6 Å². The molecule has 1 aliphatic carbocycles. The maximum atomic E-state index is 5.79. The Labute approximate surface area is 81.1 Å². The molecule has 0 saturated carbocycles. The first kappa shape index (κ1) is 10.7. The zero-order valence-electron chi connectivity index (χ0n) is 8.97. The molecule has 0 bridgehead atoms. The predicted octanol–water partition coefficient (Wildman–Crippen LogP) is 2.24. The molecule has 2 heteroatoms. The molecule has 1 rings (SSSR count). The first-order valence-corrected chi connectivity index (χ1v) is 5.04. The highest BCUT2D eigenvalue weighted by atomic mass is 16.5. The maximum absolute atomic E-state index is 5.79. The first-order valence-electron chi connectivity index (χ1n) is 5.04. The molecule has 76 valence electrons. The van der Waals surface area contributed by atoms with Gasteiger partial charge in [0.2, 0.25) is 0 Å². The molecule has 2 N–H and O–H groups in total. The number of hydrogen-bond acceptors (Lipinski definition) is 2. The monoisotopic (exact) mass is 183 g/mol. The number of nitrogens with two attached hydrogens (primary N) is 1. The Kier molecular flexibility index (Phi) is 3.51. The summed E-state index contributed by atoms with van der Waals surface area (Å²) < 4.78 is 5.37. The van der Waals surface area contributed by atoms with Gasteiger partial charge < -0.3 is 10.5 Å². The van der Waals surface area contributed by atoms with Gasteiger partial charge in [0.15, 0.2) is 0 Å². The van der Waals surface area contributed by atoms with Crippen LogP contribution in [-0.2, 0) is 4.74 Å². The average molecular weight is 183 g/mol. The van der Waals surface area contributed by atoms with Crippen molar-refractivity contribution in [2.75, 3.05) is 7.11 Å². The van der Waals surface area contributed by atoms with E-state index in [1.165, 1.54) is 12.0 Å². The summed E-state index contributed by atoms with van der Waals surface area (Å²) in [5.74, 6) is 0. The van der Waals surface area contributed by atoms with E-state index in [9.17, 15) is 0 Å². The summed E-state index contributed by atoms with van der Waals surface area (Å²) in [6.07, 6.45) is 6.74. The van der Waals surface area contributed by atoms with Crippen molar-refractivity contribution in [3.8, 4) is 0 Å². The molecule has 1 aliphatic rings. The molecule has 0 heterocycles. The van der Waals surface area contributed by atoms with Crippen LogP contribution in [0, 0.1) is 0 Å². The lowest BCUT2D eigenvalue weighted by Gasteiger charge is -2.22. The lowest BCUT2D eigenvalue weighted by atomic mass is 9.98. The summed E-state index contributed by atoms with van der Waals surface area (Å²) >= 11 is 0. The standard InChI is InChI=1S/C11H21NO/c1-11(2,13-3)7-6-9-4-5-10(12)8-9/h8,10H,4-7,12H2,1-3H3. The quantitative estimate of drug-likeness (QED) is 0.678. The van der Waals surface area contributed by atoms with Crippen molar-refractivity contribution in [2.45, 2.75) is 51.2 Å². The molecule has 0 aromatic heterocycles. The zero-order valence-corrected chi connectivity index (χ0v) is 8.97. The van der Waals surface area contributed by atoms with E-state index in [1.807, 2.05) is 0 Å². The van der Waals surface area contributed by atoms with Crippen molar-refractivity contribution in [3.63, 3.8) is 0 Å². The lowest BCUT2D eigenvalue weighted by Crippen LogP contribution is -2.22. The second-order valence-electron chi connectivity index (χ2n) is 4.49. The first-order chi connectivity index (χ1) is 6.03. The fourth-order valence-corrected chi connectivity index (χ4v) is 1.59. The highest BCUT2D eigenvalue weighted by molar-refractivity contribution is 5.13. The number of ether oxygens (including phenoxy) is 1. The second kappa shape index (κ2) is 4.25. The van der Waals surface area contributed by atoms with E-state index >= 15 is 0 Å². The summed E-state index contributed by atoms with van der Waals surface area (Å²) in [4.78, 5) is 0. The van der Waals surface area contributed by atoms with Gasteiger partial charge in [-0.15, -0.1) is 0 Å². The number of hydrogen-bond donors (Lipinski definition) is 1. The van der Waals surface area contributed by atoms with Gasteiger partial charge in [0, 0.05) is 13.2 Å². The van der Waals surface area contributed by atoms with Gasteiger partial charge >= 0.3 is 0 Å². The van der Waals surface area contributed by atoms with Crippen molar-refractivity contribution >= 4 is 0 Å². The van der Waals surface area contributed by atoms with Crippen LogP contribution < -0.4 is 5.73 Å². The largest absolute Gasteiger partial charge is 0.379 e. The number of methoxy groups -OCH3 is 1. The summed E-state index contributed by atoms with van der Waals surface area (Å²) in [6, 6.07) is 0.306. The molecule has 0 amide bonds. The van der Waals surface area contributed by atoms with Gasteiger partial charge in [0.1, 0.15) is 0 Å². The van der Waals surface area contributed by atoms with E-state index in [-0.39, 0.29) is 5.60 Å². The van der Waals surface area contributed by atoms with Crippen LogP contribution in [0.2, 0.25) is 0 Å². The van der Waals surface area contributed by atoms with Crippen LogP contribution in [-0.4, -0.2) is 18.8 Å². The molecule has 0 aromatic carbocycles. The van der Waals surface area contributed by atoms with E-state index < -0.39 is 0 Å². The highest BCUT2D eigenvalue weighted by Gasteiger charge is 2.18. The van der Waals surface area contributed by atoms with E-state index in [1.54, 1.807) is 7.11 Å². The van der Waals surface area contributed by atoms with Crippen LogP contribution >= 0.6 is 0 Å². The van der Waals surface area contributed by atoms with Crippen molar-refractivity contribution in [3.05, 3.63) is 11.6 Å². The number of allylic oxidation sites excluding steroid dienone is 1. The molecule has 1 atom stereocenters. The van der Waals surface area contributed by atoms with Crippen LogP contribution in [0.25, 0.3) is 0 Å². The maximum Gasteiger partial charge on any atom is 0.0625 e. The van der Waals surface area contributed by atoms with Gasteiger partial charge in [-0.3, -0.25) is 0 Å². The molecule has 0 saturated heterocycles. The Hall–Kier alpha value is -0.340. The zero-order chi connectivity index (χ0) is 9.90. The van der Waals surface area contributed by atoms with Crippen molar-refractivity contribution in [1.82, 2.24) is 0 Å². The summed E-state index contributed by atoms with van der Waals surface area (Å²) in [5, 5.41) is 0. The van der Waals surface area contributed by atoms with Crippen LogP contribution in [0.5, 0.6) is 0 Å². The van der Waals surface area contributed by atoms with E-state index in [0.717, 1.165) is 19.3 Å². The fraction of sp³-hybridized carbons (Fsp3) is 0.818. The van der Waals surface area contributed by atoms with Crippen molar-refractivity contribution in [2.24, 2.45) is 5.73 Å². The fourth-order valence-electron chi connectivity index (χ4n) is 1.59. The molecule has 0 spiro atoms. The van der Waals surface area contributed by atoms with E-state index in [2.05, 4.69) is 19.9 Å². The van der Waals surface area contributed by atoms with Gasteiger partial charge in [-0.05, 0) is 39.5 Å². The van der Waals surface area contributed by atoms with Crippen LogP contribution in [0.1, 0.15) is 39.5 Å². The Morgan fingerprint density at radius 2 is 2.31 bits per heavy atom. The molecule has 0 fully saturated rings. The van der Waals surface area contributed by atoms with Gasteiger partial charge in [-0.2, -0.15) is 0 Å². The van der Waals surface area contributed by atoms with Gasteiger partial charge in [-0.1, -0.05) is 11.6 Å². The SMILES string of the molecule is COC(C)(C)CCC1=CC(N)CC1. The number of rotatable bonds is 4. The summed E-state index contributed by atoms with van der Waals surface area (Å²) in [7, 11) is 1.77. The van der Waals surface area contributed by atoms with Crippen LogP contribution in [0.3, 0.4) is 0 Å². The minimum atomic E-state index is 0.00747. The molecule has 0 radical (unpaired) electrons. The molecular formula is C11H21NO. The Balaban J connectivity index is 2.31. The minimum Gasteiger partial charge on any atom is -0.379 e. The van der Waals surface area contributed by atoms with E-state index in [4.69, 9.17) is 10.5 Å². The highest BCUT2D eigenvalue weighted by Crippen LogP contribution is 2.25. The third kappa shape index (κ3) is 3.49. The lowest BCUT2D eigenvalue weighted by molar-refractivity contribution is 0.0157. The van der Waals surface area contributed by atoms with Crippen molar-refractivity contribution < 1.29 is 4.74 Å². The molecule has 13 heavy (non-hydrogen) atoms. The van der Waals surface area contributed by atoms with Gasteiger partial charge in [0.05, 0.1) is 5.60 Å². The molecule has 0 aliphatic heterocycles. The average Bonchev–Trinajstić information content (AvgIpc) is 2.48.